The van der Waals surface area contributed by atoms with E-state index in [9.17, 15) is 8.42 Å². The first-order chi connectivity index (χ1) is 8.99. The maximum absolute atomic E-state index is 12.3. The largest absolute Gasteiger partial charge is 0.398 e. The van der Waals surface area contributed by atoms with Gasteiger partial charge in [0.25, 0.3) is 0 Å². The van der Waals surface area contributed by atoms with Crippen LogP contribution in [0.25, 0.3) is 0 Å². The summed E-state index contributed by atoms with van der Waals surface area (Å²) in [6, 6.07) is 5.03. The highest BCUT2D eigenvalue weighted by atomic mass is 79.9. The second-order valence-electron chi connectivity index (χ2n) is 4.66. The van der Waals surface area contributed by atoms with E-state index in [1.807, 2.05) is 0 Å². The standard InChI is InChI=1S/C12H18BrN3O2S/c13-11-6-5-10(9-12(11)14)15-19(17,18)16-7-3-1-2-4-8-16/h5-6,9,15H,1-4,7-8,14H2. The molecule has 19 heavy (non-hydrogen) atoms. The Hall–Kier alpha value is -0.790. The molecular formula is C12H18BrN3O2S. The molecule has 1 aromatic rings. The summed E-state index contributed by atoms with van der Waals surface area (Å²) < 4.78 is 29.4. The van der Waals surface area contributed by atoms with Crippen molar-refractivity contribution in [3.63, 3.8) is 0 Å². The van der Waals surface area contributed by atoms with Crippen molar-refractivity contribution in [3.8, 4) is 0 Å². The number of nitrogen functional groups attached to an aromatic ring is 1. The Morgan fingerprint density at radius 1 is 1.16 bits per heavy atom. The number of nitrogens with two attached hydrogens (primary N) is 1. The van der Waals surface area contributed by atoms with Crippen LogP contribution in [0.15, 0.2) is 22.7 Å². The first-order valence-electron chi connectivity index (χ1n) is 6.32. The van der Waals surface area contributed by atoms with Crippen molar-refractivity contribution in [3.05, 3.63) is 22.7 Å². The maximum atomic E-state index is 12.3. The van der Waals surface area contributed by atoms with E-state index < -0.39 is 10.2 Å². The van der Waals surface area contributed by atoms with Gasteiger partial charge in [-0.15, -0.1) is 0 Å². The van der Waals surface area contributed by atoms with Gasteiger partial charge >= 0.3 is 10.2 Å². The molecule has 2 rings (SSSR count). The summed E-state index contributed by atoms with van der Waals surface area (Å²) in [5, 5.41) is 0. The fraction of sp³-hybridized carbons (Fsp3) is 0.500. The van der Waals surface area contributed by atoms with Gasteiger partial charge in [0.05, 0.1) is 5.69 Å². The zero-order valence-corrected chi connectivity index (χ0v) is 13.0. The fourth-order valence-corrected chi connectivity index (χ4v) is 3.64. The Balaban J connectivity index is 2.13. The molecule has 106 valence electrons. The normalized spacial score (nSPS) is 17.9. The van der Waals surface area contributed by atoms with Gasteiger partial charge in [-0.25, -0.2) is 0 Å². The Kier molecular flexibility index (Phi) is 4.70. The third-order valence-corrected chi connectivity index (χ3v) is 5.41. The third kappa shape index (κ3) is 3.84. The molecule has 0 aliphatic carbocycles. The van der Waals surface area contributed by atoms with Crippen molar-refractivity contribution in [2.45, 2.75) is 25.7 Å². The van der Waals surface area contributed by atoms with E-state index in [4.69, 9.17) is 5.73 Å². The Morgan fingerprint density at radius 3 is 2.37 bits per heavy atom. The van der Waals surface area contributed by atoms with Gasteiger partial charge in [-0.05, 0) is 47.0 Å². The molecular weight excluding hydrogens is 330 g/mol. The van der Waals surface area contributed by atoms with Crippen LogP contribution in [0.3, 0.4) is 0 Å². The van der Waals surface area contributed by atoms with Crippen molar-refractivity contribution >= 4 is 37.5 Å². The molecule has 3 N–H and O–H groups in total. The fourth-order valence-electron chi connectivity index (χ4n) is 2.10. The van der Waals surface area contributed by atoms with Gasteiger partial charge in [0.2, 0.25) is 0 Å². The molecule has 0 spiro atoms. The number of rotatable bonds is 3. The van der Waals surface area contributed by atoms with Crippen LogP contribution >= 0.6 is 15.9 Å². The Morgan fingerprint density at radius 2 is 1.79 bits per heavy atom. The summed E-state index contributed by atoms with van der Waals surface area (Å²) in [4.78, 5) is 0. The van der Waals surface area contributed by atoms with Crippen molar-refractivity contribution in [1.29, 1.82) is 0 Å². The molecule has 1 aromatic carbocycles. The highest BCUT2D eigenvalue weighted by molar-refractivity contribution is 9.10. The molecule has 7 heteroatoms. The first-order valence-corrected chi connectivity index (χ1v) is 8.55. The highest BCUT2D eigenvalue weighted by Crippen LogP contribution is 2.24. The van der Waals surface area contributed by atoms with Crippen LogP contribution < -0.4 is 10.5 Å². The van der Waals surface area contributed by atoms with Gasteiger partial charge in [-0.1, -0.05) is 12.8 Å². The SMILES string of the molecule is Nc1cc(NS(=O)(=O)N2CCCCCC2)ccc1Br. The molecule has 0 radical (unpaired) electrons. The number of hydrogen-bond acceptors (Lipinski definition) is 3. The van der Waals surface area contributed by atoms with Crippen molar-refractivity contribution in [1.82, 2.24) is 4.31 Å². The topological polar surface area (TPSA) is 75.4 Å². The van der Waals surface area contributed by atoms with E-state index in [1.165, 1.54) is 4.31 Å². The minimum atomic E-state index is -3.48. The maximum Gasteiger partial charge on any atom is 0.301 e. The molecule has 1 heterocycles. The molecule has 0 amide bonds. The lowest BCUT2D eigenvalue weighted by Gasteiger charge is -2.21. The average molecular weight is 348 g/mol. The van der Waals surface area contributed by atoms with Gasteiger partial charge < -0.3 is 5.73 Å². The van der Waals surface area contributed by atoms with E-state index in [0.29, 0.717) is 24.5 Å². The van der Waals surface area contributed by atoms with Crippen LogP contribution in [0.2, 0.25) is 0 Å². The van der Waals surface area contributed by atoms with Crippen LogP contribution in [0.1, 0.15) is 25.7 Å². The summed E-state index contributed by atoms with van der Waals surface area (Å²) in [5.74, 6) is 0. The highest BCUT2D eigenvalue weighted by Gasteiger charge is 2.22. The molecule has 0 atom stereocenters. The second kappa shape index (κ2) is 6.11. The lowest BCUT2D eigenvalue weighted by atomic mass is 10.2. The minimum absolute atomic E-state index is 0.491. The van der Waals surface area contributed by atoms with Crippen LogP contribution in [0.5, 0.6) is 0 Å². The third-order valence-electron chi connectivity index (χ3n) is 3.15. The average Bonchev–Trinajstić information content (AvgIpc) is 2.63. The van der Waals surface area contributed by atoms with Crippen LogP contribution in [0, 0.1) is 0 Å². The van der Waals surface area contributed by atoms with Crippen LogP contribution in [0.4, 0.5) is 11.4 Å². The van der Waals surface area contributed by atoms with Gasteiger partial charge in [-0.2, -0.15) is 12.7 Å². The first kappa shape index (κ1) is 14.6. The second-order valence-corrected chi connectivity index (χ2v) is 7.18. The van der Waals surface area contributed by atoms with Gasteiger partial charge in [0.1, 0.15) is 0 Å². The van der Waals surface area contributed by atoms with Crippen LogP contribution in [-0.2, 0) is 10.2 Å². The monoisotopic (exact) mass is 347 g/mol. The number of anilines is 2. The van der Waals surface area contributed by atoms with Gasteiger partial charge in [0, 0.05) is 23.2 Å². The number of hydrogen-bond donors (Lipinski definition) is 2. The molecule has 0 aromatic heterocycles. The quantitative estimate of drug-likeness (QED) is 0.825. The van der Waals surface area contributed by atoms with Gasteiger partial charge in [0.15, 0.2) is 0 Å². The summed E-state index contributed by atoms with van der Waals surface area (Å²) in [6.07, 6.45) is 4.03. The Bertz CT molecular complexity index is 540. The summed E-state index contributed by atoms with van der Waals surface area (Å²) in [5.41, 5.74) is 6.75. The van der Waals surface area contributed by atoms with Crippen molar-refractivity contribution in [2.24, 2.45) is 0 Å². The lowest BCUT2D eigenvalue weighted by molar-refractivity contribution is 0.427. The number of nitrogens with zero attached hydrogens (tertiary/aromatic N) is 1. The molecule has 1 aliphatic rings. The zero-order valence-electron chi connectivity index (χ0n) is 10.6. The van der Waals surface area contributed by atoms with E-state index in [-0.39, 0.29) is 0 Å². The smallest absolute Gasteiger partial charge is 0.301 e. The summed E-state index contributed by atoms with van der Waals surface area (Å²) >= 11 is 3.28. The molecule has 0 saturated carbocycles. The summed E-state index contributed by atoms with van der Waals surface area (Å²) in [7, 11) is -3.48. The zero-order chi connectivity index (χ0) is 13.9. The van der Waals surface area contributed by atoms with Crippen molar-refractivity contribution in [2.75, 3.05) is 23.5 Å². The van der Waals surface area contributed by atoms with E-state index in [1.54, 1.807) is 18.2 Å². The molecule has 0 unspecified atom stereocenters. The lowest BCUT2D eigenvalue weighted by Crippen LogP contribution is -2.36. The number of halogens is 1. The Labute approximate surface area is 122 Å². The van der Waals surface area contributed by atoms with Crippen LogP contribution in [-0.4, -0.2) is 25.8 Å². The minimum Gasteiger partial charge on any atom is -0.398 e. The molecule has 1 aliphatic heterocycles. The molecule has 0 bridgehead atoms. The number of benzene rings is 1. The predicted molar refractivity (Wildman–Crippen MR) is 81.1 cm³/mol. The molecule has 1 fully saturated rings. The summed E-state index contributed by atoms with van der Waals surface area (Å²) in [6.45, 7) is 1.17. The van der Waals surface area contributed by atoms with E-state index in [2.05, 4.69) is 20.7 Å². The van der Waals surface area contributed by atoms with Crippen molar-refractivity contribution < 1.29 is 8.42 Å². The van der Waals surface area contributed by atoms with Gasteiger partial charge in [-0.3, -0.25) is 4.72 Å². The molecule has 5 nitrogen and oxygen atoms in total. The number of nitrogens with one attached hydrogen (secondary N) is 1. The predicted octanol–water partition coefficient (Wildman–Crippen LogP) is 2.56. The van der Waals surface area contributed by atoms with E-state index >= 15 is 0 Å². The molecule has 1 saturated heterocycles. The van der Waals surface area contributed by atoms with E-state index in [0.717, 1.165) is 30.2 Å².